The second-order valence-electron chi connectivity index (χ2n) is 4.13. The zero-order valence-electron chi connectivity index (χ0n) is 10.0. The molecule has 98 valence electrons. The Hall–Kier alpha value is -1.80. The Bertz CT molecular complexity index is 921. The second-order valence-corrected chi connectivity index (χ2v) is 7.32. The van der Waals surface area contributed by atoms with E-state index < -0.39 is 5.63 Å². The number of hydrogen-bond acceptors (Lipinski definition) is 4. The molecule has 2 N–H and O–H groups in total. The molecule has 0 atom stereocenters. The molecule has 0 saturated carbocycles. The predicted molar refractivity (Wildman–Crippen MR) is 81.7 cm³/mol. The first-order valence-electron chi connectivity index (χ1n) is 5.61. The third-order valence-corrected chi connectivity index (χ3v) is 5.43. The molecular formula is C14H7BrN2O2Se. The molecule has 4 nitrogen and oxygen atoms in total. The third kappa shape index (κ3) is 2.20. The van der Waals surface area contributed by atoms with E-state index in [9.17, 15) is 4.79 Å². The maximum absolute atomic E-state index is 12.1. The van der Waals surface area contributed by atoms with Crippen LogP contribution in [0.2, 0.25) is 0 Å². The van der Waals surface area contributed by atoms with Gasteiger partial charge >= 0.3 is 128 Å². The number of anilines is 1. The molecule has 0 unspecified atom stereocenters. The fourth-order valence-electron chi connectivity index (χ4n) is 1.89. The first kappa shape index (κ1) is 13.2. The monoisotopic (exact) mass is 394 g/mol. The molecule has 0 radical (unpaired) electrons. The quantitative estimate of drug-likeness (QED) is 0.509. The first-order chi connectivity index (χ1) is 9.58. The minimum atomic E-state index is -0.403. The molecule has 0 bridgehead atoms. The van der Waals surface area contributed by atoms with Crippen LogP contribution in [0.5, 0.6) is 0 Å². The number of nitrogen functional groups attached to an aromatic ring is 1. The molecular weight excluding hydrogens is 387 g/mol. The Kier molecular flexibility index (Phi) is 3.27. The van der Waals surface area contributed by atoms with Crippen LogP contribution >= 0.6 is 15.9 Å². The van der Waals surface area contributed by atoms with Crippen molar-refractivity contribution in [2.75, 3.05) is 5.73 Å². The van der Waals surface area contributed by atoms with E-state index in [0.29, 0.717) is 21.3 Å². The van der Waals surface area contributed by atoms with Crippen LogP contribution in [0.4, 0.5) is 4.56 Å². The van der Waals surface area contributed by atoms with Crippen LogP contribution in [-0.2, 0) is 0 Å². The van der Waals surface area contributed by atoms with Crippen LogP contribution in [0.15, 0.2) is 44.0 Å². The molecule has 0 fully saturated rings. The fraction of sp³-hybridized carbons (Fsp3) is 0. The molecule has 2 aromatic heterocycles. The summed E-state index contributed by atoms with van der Waals surface area (Å²) in [5.41, 5.74) is 6.84. The van der Waals surface area contributed by atoms with Gasteiger partial charge in [0.25, 0.3) is 0 Å². The number of nitrogens with two attached hydrogens (primary N) is 1. The summed E-state index contributed by atoms with van der Waals surface area (Å²) in [7, 11) is 0. The summed E-state index contributed by atoms with van der Waals surface area (Å²) in [6.07, 6.45) is 0. The zero-order valence-corrected chi connectivity index (χ0v) is 13.3. The van der Waals surface area contributed by atoms with Gasteiger partial charge in [0, 0.05) is 0 Å². The standard InChI is InChI=1S/C14H7BrN2O2Se/c15-9-1-2-11-7(3-9)4-10(14(18)19-11)12-5-8(6-16)13(17)20-12/h1-5H,17H2. The molecule has 20 heavy (non-hydrogen) atoms. The normalized spacial score (nSPS) is 10.6. The van der Waals surface area contributed by atoms with Gasteiger partial charge in [0.2, 0.25) is 0 Å². The number of nitrogens with zero attached hydrogens (tertiary/aromatic N) is 1. The summed E-state index contributed by atoms with van der Waals surface area (Å²) in [4.78, 5) is 12.1. The van der Waals surface area contributed by atoms with Crippen LogP contribution in [0.1, 0.15) is 5.56 Å². The summed E-state index contributed by atoms with van der Waals surface area (Å²) in [5, 5.41) is 9.78. The molecule has 2 heterocycles. The number of fused-ring (bicyclic) bond motifs is 1. The van der Waals surface area contributed by atoms with Gasteiger partial charge in [-0.25, -0.2) is 0 Å². The summed E-state index contributed by atoms with van der Waals surface area (Å²) in [6.45, 7) is 0. The van der Waals surface area contributed by atoms with Gasteiger partial charge in [0.15, 0.2) is 0 Å². The van der Waals surface area contributed by atoms with Gasteiger partial charge < -0.3 is 0 Å². The van der Waals surface area contributed by atoms with Crippen LogP contribution in [0.25, 0.3) is 21.0 Å². The van der Waals surface area contributed by atoms with Crippen LogP contribution in [0, 0.1) is 11.3 Å². The van der Waals surface area contributed by atoms with Crippen molar-refractivity contribution >= 4 is 46.0 Å². The molecule has 3 aromatic rings. The number of hydrogen-bond donors (Lipinski definition) is 1. The Morgan fingerprint density at radius 2 is 2.10 bits per heavy atom. The molecule has 0 aliphatic rings. The van der Waals surface area contributed by atoms with Crippen molar-refractivity contribution in [1.29, 1.82) is 5.26 Å². The summed E-state index contributed by atoms with van der Waals surface area (Å²) >= 11 is 3.18. The molecule has 1 aromatic carbocycles. The van der Waals surface area contributed by atoms with Crippen molar-refractivity contribution in [2.45, 2.75) is 0 Å². The van der Waals surface area contributed by atoms with Crippen molar-refractivity contribution in [3.05, 3.63) is 50.8 Å². The molecule has 3 rings (SSSR count). The van der Waals surface area contributed by atoms with Crippen molar-refractivity contribution in [3.63, 3.8) is 0 Å². The topological polar surface area (TPSA) is 80.0 Å². The van der Waals surface area contributed by atoms with Crippen LogP contribution in [0.3, 0.4) is 0 Å². The van der Waals surface area contributed by atoms with Gasteiger partial charge in [-0.15, -0.1) is 0 Å². The molecule has 0 aliphatic heterocycles. The predicted octanol–water partition coefficient (Wildman–Crippen LogP) is 2.73. The van der Waals surface area contributed by atoms with Gasteiger partial charge in [0.05, 0.1) is 0 Å². The van der Waals surface area contributed by atoms with Gasteiger partial charge in [-0.05, 0) is 0 Å². The number of nitriles is 1. The van der Waals surface area contributed by atoms with Crippen LogP contribution in [-0.4, -0.2) is 14.5 Å². The van der Waals surface area contributed by atoms with Crippen molar-refractivity contribution < 1.29 is 4.42 Å². The summed E-state index contributed by atoms with van der Waals surface area (Å²) in [5.74, 6) is 0. The van der Waals surface area contributed by atoms with E-state index in [1.54, 1.807) is 18.2 Å². The number of rotatable bonds is 1. The molecule has 0 spiro atoms. The Morgan fingerprint density at radius 1 is 1.30 bits per heavy atom. The number of benzene rings is 1. The van der Waals surface area contributed by atoms with E-state index >= 15 is 0 Å². The minimum absolute atomic E-state index is 0.209. The fourth-order valence-corrected chi connectivity index (χ4v) is 4.12. The molecule has 6 heteroatoms. The van der Waals surface area contributed by atoms with Crippen molar-refractivity contribution in [1.82, 2.24) is 0 Å². The van der Waals surface area contributed by atoms with E-state index in [1.807, 2.05) is 18.2 Å². The van der Waals surface area contributed by atoms with E-state index in [4.69, 9.17) is 15.4 Å². The van der Waals surface area contributed by atoms with Crippen molar-refractivity contribution in [2.24, 2.45) is 0 Å². The number of halogens is 1. The van der Waals surface area contributed by atoms with Gasteiger partial charge in [-0.3, -0.25) is 0 Å². The molecule has 0 saturated heterocycles. The van der Waals surface area contributed by atoms with E-state index in [2.05, 4.69) is 15.9 Å². The van der Waals surface area contributed by atoms with Gasteiger partial charge in [0.1, 0.15) is 0 Å². The SMILES string of the molecule is N#Cc1cc(-c2cc3cc(Br)ccc3oc2=O)[se]c1N. The van der Waals surface area contributed by atoms with E-state index in [1.165, 1.54) is 0 Å². The average Bonchev–Trinajstić information content (AvgIpc) is 2.79. The van der Waals surface area contributed by atoms with Gasteiger partial charge in [-0.1, -0.05) is 0 Å². The summed E-state index contributed by atoms with van der Waals surface area (Å²) < 4.78 is 7.55. The van der Waals surface area contributed by atoms with E-state index in [-0.39, 0.29) is 14.5 Å². The summed E-state index contributed by atoms with van der Waals surface area (Å²) in [6, 6.07) is 10.9. The first-order valence-corrected chi connectivity index (χ1v) is 8.12. The Labute approximate surface area is 128 Å². The van der Waals surface area contributed by atoms with Crippen LogP contribution < -0.4 is 11.4 Å². The van der Waals surface area contributed by atoms with Gasteiger partial charge in [-0.2, -0.15) is 0 Å². The Balaban J connectivity index is 2.27. The Morgan fingerprint density at radius 3 is 2.80 bits per heavy atom. The second kappa shape index (κ2) is 4.95. The van der Waals surface area contributed by atoms with Crippen molar-refractivity contribution in [3.8, 4) is 16.1 Å². The molecule has 0 amide bonds. The van der Waals surface area contributed by atoms with E-state index in [0.717, 1.165) is 14.3 Å². The maximum atomic E-state index is 12.1. The average molecular weight is 394 g/mol. The zero-order chi connectivity index (χ0) is 14.3. The third-order valence-electron chi connectivity index (χ3n) is 2.84. The molecule has 0 aliphatic carbocycles.